The summed E-state index contributed by atoms with van der Waals surface area (Å²) in [5.74, 6) is 8.28. The van der Waals surface area contributed by atoms with Crippen molar-refractivity contribution in [3.8, 4) is 0 Å². The predicted octanol–water partition coefficient (Wildman–Crippen LogP) is 16.2. The molecule has 0 aromatic heterocycles. The first kappa shape index (κ1) is 135. The highest BCUT2D eigenvalue weighted by Crippen LogP contribution is 2.27. The number of thioether (sulfide) groups is 1. The number of rotatable bonds is 19. The Morgan fingerprint density at radius 3 is 0.872 bits per heavy atom. The summed E-state index contributed by atoms with van der Waals surface area (Å²) in [6.07, 6.45) is 23.6. The van der Waals surface area contributed by atoms with Gasteiger partial charge in [0.25, 0.3) is 0 Å². The molecule has 141 heavy (non-hydrogen) atoms. The molecule has 824 valence electrons. The maximum atomic E-state index is 12.0. The zero-order valence-corrected chi connectivity index (χ0v) is 97.7. The van der Waals surface area contributed by atoms with Crippen LogP contribution in [0, 0.1) is 44.8 Å². The fourth-order valence-corrected chi connectivity index (χ4v) is 20.0. The van der Waals surface area contributed by atoms with Crippen molar-refractivity contribution in [3.63, 3.8) is 0 Å². The molecular weight excluding hydrogens is 1840 g/mol. The van der Waals surface area contributed by atoms with Crippen molar-refractivity contribution in [2.75, 3.05) is 198 Å². The smallest absolute Gasteiger partial charge is 0.223 e. The van der Waals surface area contributed by atoms with Gasteiger partial charge in [0.2, 0.25) is 70.9 Å². The summed E-state index contributed by atoms with van der Waals surface area (Å²) in [4.78, 5) is 162. The highest BCUT2D eigenvalue weighted by Gasteiger charge is 2.33. The molecule has 0 bridgehead atoms. The number of amides is 12. The van der Waals surface area contributed by atoms with Crippen LogP contribution in [0.5, 0.6) is 0 Å². The van der Waals surface area contributed by atoms with Gasteiger partial charge >= 0.3 is 0 Å². The van der Waals surface area contributed by atoms with E-state index in [9.17, 15) is 70.2 Å². The third kappa shape index (κ3) is 69.0. The Morgan fingerprint density at radius 2 is 0.589 bits per heavy atom. The lowest BCUT2D eigenvalue weighted by molar-refractivity contribution is -0.139. The number of piperazine rings is 3. The van der Waals surface area contributed by atoms with Crippen LogP contribution in [0.1, 0.15) is 368 Å². The number of likely N-dealkylation sites (tertiary alicyclic amines) is 4. The summed E-state index contributed by atoms with van der Waals surface area (Å²) in [5.41, 5.74) is 0.371. The lowest BCUT2D eigenvalue weighted by Gasteiger charge is -2.37. The average Bonchev–Trinajstić information content (AvgIpc) is 1.10. The van der Waals surface area contributed by atoms with Gasteiger partial charge in [0.15, 0.2) is 9.84 Å². The van der Waals surface area contributed by atoms with Gasteiger partial charge in [0, 0.05) is 293 Å². The average molecular weight is 2050 g/mol. The molecule has 0 spiro atoms. The quantitative estimate of drug-likeness (QED) is 0.121. The Balaban J connectivity index is 0.00000153. The second kappa shape index (κ2) is 71.6. The summed E-state index contributed by atoms with van der Waals surface area (Å²) in [6.45, 7) is 82.9. The lowest BCUT2D eigenvalue weighted by Crippen LogP contribution is -2.55. The van der Waals surface area contributed by atoms with Gasteiger partial charge in [-0.2, -0.15) is 11.8 Å². The number of carbonyl (C=O) groups is 12. The van der Waals surface area contributed by atoms with Gasteiger partial charge in [-0.3, -0.25) is 66.6 Å². The zero-order valence-electron chi connectivity index (χ0n) is 95.3. The highest BCUT2D eigenvalue weighted by molar-refractivity contribution is 7.99. The van der Waals surface area contributed by atoms with Crippen molar-refractivity contribution in [3.05, 3.63) is 0 Å². The van der Waals surface area contributed by atoms with E-state index in [1.54, 1.807) is 16.7 Å². The number of carbonyl (C=O) groups excluding carboxylic acids is 12. The Kier molecular flexibility index (Phi) is 68.5. The van der Waals surface area contributed by atoms with E-state index in [4.69, 9.17) is 0 Å². The van der Waals surface area contributed by atoms with E-state index in [-0.39, 0.29) is 68.1 Å². The van der Waals surface area contributed by atoms with Crippen molar-refractivity contribution < 1.29 is 70.2 Å². The molecule has 0 aliphatic carbocycles. The van der Waals surface area contributed by atoms with E-state index >= 15 is 0 Å². The molecule has 10 rings (SSSR count). The molecule has 0 aromatic carbocycles. The topological polar surface area (TPSA) is 319 Å². The molecule has 2 atom stereocenters. The number of nitrogens with zero attached hydrogens (tertiary/aromatic N) is 12. The van der Waals surface area contributed by atoms with E-state index in [0.717, 1.165) is 161 Å². The third-order valence-corrected chi connectivity index (χ3v) is 28.3. The molecule has 29 nitrogen and oxygen atoms in total. The van der Waals surface area contributed by atoms with Gasteiger partial charge in [-0.05, 0) is 169 Å². The van der Waals surface area contributed by atoms with Crippen LogP contribution >= 0.6 is 11.8 Å². The van der Waals surface area contributed by atoms with Crippen LogP contribution < -0.4 is 10.6 Å². The van der Waals surface area contributed by atoms with E-state index < -0.39 is 20.6 Å². The van der Waals surface area contributed by atoms with Gasteiger partial charge in [0.05, 0.1) is 11.5 Å². The number of sulfone groups is 1. The first-order valence-corrected chi connectivity index (χ1v) is 58.9. The minimum absolute atomic E-state index is 0.0343. The summed E-state index contributed by atoms with van der Waals surface area (Å²) in [6, 6.07) is 1.45. The summed E-state index contributed by atoms with van der Waals surface area (Å²) < 4.78 is 33.3. The maximum absolute atomic E-state index is 12.0. The highest BCUT2D eigenvalue weighted by atomic mass is 32.2. The van der Waals surface area contributed by atoms with Gasteiger partial charge in [-0.1, -0.05) is 166 Å². The number of piperidine rings is 3. The molecule has 10 saturated heterocycles. The monoisotopic (exact) mass is 2050 g/mol. The minimum atomic E-state index is -2.89. The van der Waals surface area contributed by atoms with Crippen molar-refractivity contribution in [1.82, 2.24) is 69.4 Å². The molecule has 12 amide bonds. The Morgan fingerprint density at radius 1 is 0.333 bits per heavy atom. The van der Waals surface area contributed by atoms with Crippen LogP contribution in [0.4, 0.5) is 0 Å². The second-order valence-electron chi connectivity index (χ2n) is 47.5. The Bertz CT molecular complexity index is 3630. The van der Waals surface area contributed by atoms with Crippen molar-refractivity contribution in [2.24, 2.45) is 44.8 Å². The fraction of sp³-hybridized carbons (Fsp3) is 0.890. The van der Waals surface area contributed by atoms with E-state index in [1.807, 2.05) is 104 Å². The van der Waals surface area contributed by atoms with Crippen molar-refractivity contribution >= 4 is 103 Å². The molecule has 10 fully saturated rings. The van der Waals surface area contributed by atoms with Gasteiger partial charge < -0.3 is 64.5 Å². The summed E-state index contributed by atoms with van der Waals surface area (Å²) in [5, 5.41) is 6.16. The third-order valence-electron chi connectivity index (χ3n) is 24.5. The Hall–Kier alpha value is -5.99. The van der Waals surface area contributed by atoms with Crippen LogP contribution in [0.15, 0.2) is 0 Å². The van der Waals surface area contributed by atoms with Gasteiger partial charge in [-0.15, -0.1) is 0 Å². The molecule has 2 unspecified atom stereocenters. The van der Waals surface area contributed by atoms with E-state index in [2.05, 4.69) is 168 Å². The summed E-state index contributed by atoms with van der Waals surface area (Å²) in [7, 11) is -3.56. The first-order chi connectivity index (χ1) is 65.5. The predicted molar refractivity (Wildman–Crippen MR) is 584 cm³/mol. The van der Waals surface area contributed by atoms with Crippen LogP contribution in [-0.2, 0) is 78.2 Å². The van der Waals surface area contributed by atoms with Gasteiger partial charge in [-0.25, -0.2) is 8.42 Å². The minimum Gasteiger partial charge on any atom is -0.356 e. The second-order valence-corrected chi connectivity index (χ2v) is 52.7. The molecule has 0 aromatic rings. The van der Waals surface area contributed by atoms with Crippen LogP contribution in [-0.4, -0.2) is 359 Å². The number of nitrogens with one attached hydrogen (secondary N) is 2. The lowest BCUT2D eigenvalue weighted by atomic mass is 9.91. The molecule has 0 radical (unpaired) electrons. The van der Waals surface area contributed by atoms with Crippen molar-refractivity contribution in [2.45, 2.75) is 386 Å². The van der Waals surface area contributed by atoms with E-state index in [1.165, 1.54) is 70.6 Å². The molecule has 0 saturated carbocycles. The zero-order chi connectivity index (χ0) is 108. The fourth-order valence-electron chi connectivity index (χ4n) is 16.9. The Labute approximate surface area is 866 Å². The summed E-state index contributed by atoms with van der Waals surface area (Å²) >= 11 is 1.94. The molecule has 10 aliphatic rings. The first-order valence-electron chi connectivity index (χ1n) is 54.5. The van der Waals surface area contributed by atoms with Crippen LogP contribution in [0.2, 0.25) is 0 Å². The normalized spacial score (nSPS) is 19.3. The van der Waals surface area contributed by atoms with Crippen LogP contribution in [0.25, 0.3) is 0 Å². The van der Waals surface area contributed by atoms with Crippen molar-refractivity contribution in [1.29, 1.82) is 0 Å². The van der Waals surface area contributed by atoms with E-state index in [0.29, 0.717) is 192 Å². The molecule has 10 heterocycles. The maximum Gasteiger partial charge on any atom is 0.223 e. The largest absolute Gasteiger partial charge is 0.356 e. The number of hydrogen-bond donors (Lipinski definition) is 2. The molecule has 10 aliphatic heterocycles. The molecular formula is C109H210N14O15S3. The SMILES string of the molecule is CC(=O)N1CCN(C(=O)CC(C)(C)C)CC1.CC(C)(C)CC(=O)N1CCCC1.CC(C)(C)CC(=O)N1CCS(=O)(=O)CC1.CC(C)(C)CC(=O)N1CCSCC1.CC(C)CC(=O)N1CC(C)NC(C)C1.CC(C)CC(=O)N1CCCCC1.CC(C)N1CCN(C(=O)CC(C)(C)C)CC1.CCCC(=O)N1CCCCC1.CCCC(=O)N1CCCCC1.CCCC(=O)N1CCS(=O)CC1.CCNC(=O)CC(C)C. The van der Waals surface area contributed by atoms with Crippen LogP contribution in [0.3, 0.4) is 0 Å². The molecule has 2 N–H and O–H groups in total. The van der Waals surface area contributed by atoms with Gasteiger partial charge in [0.1, 0.15) is 0 Å². The standard InChI is InChI=1S/C13H26N2O.C12H22N2O2.C11H22N2O.C10H19NO3S.C10H19NOS.2C10H19NO.2C9H17NO.C8H15NO2S.C7H15NO/c1-11(2)14-6-8-15(9-7-14)12(16)10-13(3,4)5;1-10(15)13-5-7-14(8-6-13)11(16)9-12(2,3)4;1-8(2)5-11(14)13-6-9(3)12-10(4)7-13;1-10(2,3)8-9(12)11-4-6-15(13,14)7-5-11;1-10(2,3)8-9(12)11-4-6-13-7-5-11;1-10(2,3)8-9(12)11-6-4-5-7-11;1-9(2)8-10(12)11-6-4-3-5-7-11;2*1-2-6-9(11)10-7-4-3-5-8-10;1-2-3-8(10)9-4-6-12(11)7-5-9;1-4-8-7(9)5-6(2)3/h11H,6-10H2,1-5H3;5-9H2,1-4H3;8-10,12H,5-7H2,1-4H3;4-8H2,1-3H3;4-8H2,1-3H3;4-8H2,1-3H3;9H,3-8H2,1-2H3;2*2-8H2,1H3;2-7H2,1H3;6H,4-5H2,1-3H3,(H,8,9). The molecule has 32 heteroatoms. The number of hydrogen-bond acceptors (Lipinski definition) is 18.